The van der Waals surface area contributed by atoms with Crippen molar-refractivity contribution in [3.8, 4) is 0 Å². The maximum Gasteiger partial charge on any atom is 0.494 e. The molecule has 10 heteroatoms. The summed E-state index contributed by atoms with van der Waals surface area (Å²) in [5.74, 6) is -0.0383. The van der Waals surface area contributed by atoms with Crippen LogP contribution in [-0.2, 0) is 30.0 Å². The number of methoxy groups -OCH3 is 2. The van der Waals surface area contributed by atoms with E-state index < -0.39 is 30.5 Å². The number of fused-ring (bicyclic) bond motifs is 3. The number of nitrogens with one attached hydrogen (secondary N) is 1. The average molecular weight is 564 g/mol. The third kappa shape index (κ3) is 5.49. The SMILES string of the molecule is COC[C@H]1C[C@@H](C2=Nc3ccc4cc(B5OC(C)(C)C(C)(C)O5)ccc4c3C2)N(C(=O)[C@@H](NC(=O)OC)C(C)C)C1. The molecule has 5 rings (SSSR count). The van der Waals surface area contributed by atoms with Gasteiger partial charge in [0.05, 0.1) is 36.6 Å². The van der Waals surface area contributed by atoms with Crippen molar-refractivity contribution in [1.82, 2.24) is 10.2 Å². The molecule has 2 aromatic carbocycles. The normalized spacial score (nSPS) is 23.6. The average Bonchev–Trinajstić information content (AvgIpc) is 3.59. The van der Waals surface area contributed by atoms with Gasteiger partial charge in [0.2, 0.25) is 5.91 Å². The van der Waals surface area contributed by atoms with Gasteiger partial charge in [-0.25, -0.2) is 4.79 Å². The van der Waals surface area contributed by atoms with Crippen molar-refractivity contribution in [1.29, 1.82) is 0 Å². The molecule has 0 spiro atoms. The second-order valence-electron chi connectivity index (χ2n) is 12.8. The molecule has 220 valence electrons. The first kappa shape index (κ1) is 29.5. The van der Waals surface area contributed by atoms with Gasteiger partial charge in [-0.05, 0) is 67.9 Å². The molecule has 3 aliphatic rings. The number of benzene rings is 2. The number of carbonyl (C=O) groups excluding carboxylic acids is 2. The van der Waals surface area contributed by atoms with E-state index in [2.05, 4.69) is 63.3 Å². The fraction of sp³-hybridized carbons (Fsp3) is 0.581. The van der Waals surface area contributed by atoms with E-state index in [1.54, 1.807) is 7.11 Å². The lowest BCUT2D eigenvalue weighted by Crippen LogP contribution is -2.53. The van der Waals surface area contributed by atoms with Crippen LogP contribution in [0, 0.1) is 11.8 Å². The van der Waals surface area contributed by atoms with Crippen LogP contribution in [0.15, 0.2) is 35.3 Å². The molecule has 2 saturated heterocycles. The van der Waals surface area contributed by atoms with Crippen LogP contribution in [0.3, 0.4) is 0 Å². The quantitative estimate of drug-likeness (QED) is 0.512. The molecule has 0 aliphatic carbocycles. The van der Waals surface area contributed by atoms with E-state index >= 15 is 0 Å². The Balaban J connectivity index is 1.40. The summed E-state index contributed by atoms with van der Waals surface area (Å²) in [5.41, 5.74) is 3.25. The van der Waals surface area contributed by atoms with Gasteiger partial charge < -0.3 is 29.0 Å². The number of nitrogens with zero attached hydrogens (tertiary/aromatic N) is 2. The second kappa shape index (κ2) is 11.0. The molecule has 3 heterocycles. The largest absolute Gasteiger partial charge is 0.494 e. The Bertz CT molecular complexity index is 1360. The monoisotopic (exact) mass is 563 g/mol. The van der Waals surface area contributed by atoms with Crippen LogP contribution < -0.4 is 10.8 Å². The molecule has 2 amide bonds. The van der Waals surface area contributed by atoms with E-state index in [1.807, 2.05) is 18.7 Å². The Kier molecular flexibility index (Phi) is 7.96. The summed E-state index contributed by atoms with van der Waals surface area (Å²) in [4.78, 5) is 32.8. The molecule has 0 aromatic heterocycles. The van der Waals surface area contributed by atoms with Crippen LogP contribution in [-0.4, -0.2) is 80.4 Å². The van der Waals surface area contributed by atoms with Gasteiger partial charge in [0, 0.05) is 31.7 Å². The molecular weight excluding hydrogens is 521 g/mol. The zero-order chi connectivity index (χ0) is 29.7. The number of rotatable bonds is 7. The second-order valence-corrected chi connectivity index (χ2v) is 12.8. The summed E-state index contributed by atoms with van der Waals surface area (Å²) in [7, 11) is 2.56. The molecule has 0 radical (unpaired) electrons. The van der Waals surface area contributed by atoms with Gasteiger partial charge in [0.25, 0.3) is 0 Å². The van der Waals surface area contributed by atoms with Crippen LogP contribution in [0.4, 0.5) is 10.5 Å². The standard InChI is InChI=1S/C31H42BN3O6/c1-18(2)27(34-29(37)39-8)28(36)35-16-19(17-38-7)13-26(35)25-15-23-22-11-10-21(14-20(22)9-12-24(23)33-25)32-40-30(3,4)31(5,6)41-32/h9-12,14,18-19,26-27H,13,15-17H2,1-8H3,(H,34,37)/t19-,26-,27-/m0/s1. The molecule has 9 nitrogen and oxygen atoms in total. The maximum atomic E-state index is 13.8. The highest BCUT2D eigenvalue weighted by Crippen LogP contribution is 2.39. The first-order chi connectivity index (χ1) is 19.3. The summed E-state index contributed by atoms with van der Waals surface area (Å²) in [5, 5.41) is 4.98. The topological polar surface area (TPSA) is 98.7 Å². The number of amides is 2. The summed E-state index contributed by atoms with van der Waals surface area (Å²) in [6.07, 6.45) is 0.811. The van der Waals surface area contributed by atoms with E-state index in [1.165, 1.54) is 7.11 Å². The van der Waals surface area contributed by atoms with Crippen molar-refractivity contribution in [2.75, 3.05) is 27.4 Å². The highest BCUT2D eigenvalue weighted by atomic mass is 16.7. The zero-order valence-corrected chi connectivity index (χ0v) is 25.4. The van der Waals surface area contributed by atoms with Crippen molar-refractivity contribution < 1.29 is 28.4 Å². The zero-order valence-electron chi connectivity index (χ0n) is 25.4. The molecule has 3 aliphatic heterocycles. The lowest BCUT2D eigenvalue weighted by molar-refractivity contribution is -0.134. The number of hydrogen-bond donors (Lipinski definition) is 1. The third-order valence-electron chi connectivity index (χ3n) is 9.13. The van der Waals surface area contributed by atoms with Gasteiger partial charge in [-0.15, -0.1) is 0 Å². The van der Waals surface area contributed by atoms with Crippen LogP contribution in [0.2, 0.25) is 0 Å². The number of aliphatic imine (C=N–C) groups is 1. The molecule has 2 aromatic rings. The first-order valence-electron chi connectivity index (χ1n) is 14.5. The van der Waals surface area contributed by atoms with Gasteiger partial charge in [0.1, 0.15) is 6.04 Å². The van der Waals surface area contributed by atoms with Crippen LogP contribution >= 0.6 is 0 Å². The van der Waals surface area contributed by atoms with Crippen molar-refractivity contribution in [3.63, 3.8) is 0 Å². The van der Waals surface area contributed by atoms with E-state index in [9.17, 15) is 9.59 Å². The van der Waals surface area contributed by atoms with Gasteiger partial charge >= 0.3 is 13.2 Å². The number of carbonyl (C=O) groups is 2. The van der Waals surface area contributed by atoms with Crippen LogP contribution in [0.1, 0.15) is 53.5 Å². The fourth-order valence-electron chi connectivity index (χ4n) is 6.10. The fourth-order valence-corrected chi connectivity index (χ4v) is 6.10. The summed E-state index contributed by atoms with van der Waals surface area (Å²) < 4.78 is 22.8. The molecule has 1 N–H and O–H groups in total. The van der Waals surface area contributed by atoms with Crippen LogP contribution in [0.5, 0.6) is 0 Å². The summed E-state index contributed by atoms with van der Waals surface area (Å²) in [6, 6.07) is 9.64. The smallest absolute Gasteiger partial charge is 0.453 e. The van der Waals surface area contributed by atoms with Crippen LogP contribution in [0.25, 0.3) is 10.8 Å². The number of hydrogen-bond acceptors (Lipinski definition) is 7. The van der Waals surface area contributed by atoms with Crippen molar-refractivity contribution >= 4 is 46.8 Å². The van der Waals surface area contributed by atoms with E-state index in [0.29, 0.717) is 19.6 Å². The number of alkyl carbamates (subject to hydrolysis) is 1. The van der Waals surface area contributed by atoms with Gasteiger partial charge in [-0.3, -0.25) is 9.79 Å². The molecular formula is C31H42BN3O6. The first-order valence-corrected chi connectivity index (χ1v) is 14.5. The Morgan fingerprint density at radius 3 is 2.46 bits per heavy atom. The number of likely N-dealkylation sites (tertiary alicyclic amines) is 1. The molecule has 2 fully saturated rings. The van der Waals surface area contributed by atoms with Gasteiger partial charge in [0.15, 0.2) is 0 Å². The molecule has 41 heavy (non-hydrogen) atoms. The minimum Gasteiger partial charge on any atom is -0.453 e. The predicted molar refractivity (Wildman–Crippen MR) is 160 cm³/mol. The molecule has 0 bridgehead atoms. The summed E-state index contributed by atoms with van der Waals surface area (Å²) >= 11 is 0. The van der Waals surface area contributed by atoms with Gasteiger partial charge in [-0.2, -0.15) is 0 Å². The lowest BCUT2D eigenvalue weighted by Gasteiger charge is -2.32. The molecule has 0 saturated carbocycles. The molecule has 0 unspecified atom stereocenters. The van der Waals surface area contributed by atoms with E-state index in [0.717, 1.165) is 39.6 Å². The Hall–Kier alpha value is -2.95. The lowest BCUT2D eigenvalue weighted by atomic mass is 9.78. The van der Waals surface area contributed by atoms with Crippen molar-refractivity contribution in [3.05, 3.63) is 35.9 Å². The Morgan fingerprint density at radius 2 is 1.83 bits per heavy atom. The van der Waals surface area contributed by atoms with Crippen molar-refractivity contribution in [2.45, 2.75) is 77.7 Å². The van der Waals surface area contributed by atoms with E-state index in [-0.39, 0.29) is 23.8 Å². The highest BCUT2D eigenvalue weighted by molar-refractivity contribution is 6.62. The predicted octanol–water partition coefficient (Wildman–Crippen LogP) is 4.01. The van der Waals surface area contributed by atoms with E-state index in [4.69, 9.17) is 23.8 Å². The highest BCUT2D eigenvalue weighted by Gasteiger charge is 2.51. The van der Waals surface area contributed by atoms with Crippen molar-refractivity contribution in [2.24, 2.45) is 16.8 Å². The maximum absolute atomic E-state index is 13.8. The van der Waals surface area contributed by atoms with Gasteiger partial charge in [-0.1, -0.05) is 38.1 Å². The third-order valence-corrected chi connectivity index (χ3v) is 9.13. The Labute approximate surface area is 243 Å². The molecule has 3 atom stereocenters. The Morgan fingerprint density at radius 1 is 1.12 bits per heavy atom. The summed E-state index contributed by atoms with van der Waals surface area (Å²) in [6.45, 7) is 13.2. The minimum absolute atomic E-state index is 0.103. The number of ether oxygens (including phenoxy) is 2. The minimum atomic E-state index is -0.690.